The zero-order valence-corrected chi connectivity index (χ0v) is 10.1. The summed E-state index contributed by atoms with van der Waals surface area (Å²) in [5, 5.41) is 9.03. The van der Waals surface area contributed by atoms with E-state index in [0.29, 0.717) is 5.75 Å². The maximum absolute atomic E-state index is 12.1. The van der Waals surface area contributed by atoms with Gasteiger partial charge >= 0.3 is 12.0 Å². The molecule has 2 heterocycles. The molecule has 0 saturated carbocycles. The van der Waals surface area contributed by atoms with Crippen molar-refractivity contribution in [3.63, 3.8) is 0 Å². The molecule has 0 aliphatic carbocycles. The molecule has 2 atom stereocenters. The molecule has 2 unspecified atom stereocenters. The quantitative estimate of drug-likeness (QED) is 0.749. The Hall–Kier alpha value is -0.910. The molecule has 90 valence electrons. The van der Waals surface area contributed by atoms with Gasteiger partial charge in [-0.25, -0.2) is 9.59 Å². The van der Waals surface area contributed by atoms with Crippen molar-refractivity contribution < 1.29 is 14.7 Å². The van der Waals surface area contributed by atoms with Gasteiger partial charge in [0.1, 0.15) is 6.04 Å². The van der Waals surface area contributed by atoms with Gasteiger partial charge in [-0.2, -0.15) is 0 Å². The van der Waals surface area contributed by atoms with Crippen LogP contribution < -0.4 is 0 Å². The fourth-order valence-electron chi connectivity index (χ4n) is 2.20. The molecule has 0 aromatic carbocycles. The number of carboxylic acid groups (broad SMARTS) is 1. The van der Waals surface area contributed by atoms with E-state index in [1.165, 1.54) is 16.7 Å². The first-order chi connectivity index (χ1) is 7.61. The smallest absolute Gasteiger partial charge is 0.327 e. The van der Waals surface area contributed by atoms with Gasteiger partial charge in [-0.15, -0.1) is 11.8 Å². The molecule has 2 aliphatic heterocycles. The summed E-state index contributed by atoms with van der Waals surface area (Å²) in [5.74, 6) is -0.403. The van der Waals surface area contributed by atoms with Crippen LogP contribution in [0.1, 0.15) is 19.8 Å². The molecule has 2 rings (SSSR count). The van der Waals surface area contributed by atoms with Crippen LogP contribution in [0.25, 0.3) is 0 Å². The number of nitrogens with zero attached hydrogens (tertiary/aromatic N) is 2. The first-order valence-electron chi connectivity index (χ1n) is 5.53. The van der Waals surface area contributed by atoms with Gasteiger partial charge in [-0.05, 0) is 19.8 Å². The van der Waals surface area contributed by atoms with Gasteiger partial charge in [0.2, 0.25) is 0 Å². The standard InChI is InChI=1S/C10H16N2O3S/c1-7-12(8(6-16-7)9(13)14)10(15)11-4-2-3-5-11/h7-8H,2-6H2,1H3,(H,13,14). The Morgan fingerprint density at radius 3 is 2.50 bits per heavy atom. The van der Waals surface area contributed by atoms with Crippen molar-refractivity contribution in [2.75, 3.05) is 18.8 Å². The molecular formula is C10H16N2O3S. The third kappa shape index (κ3) is 1.98. The lowest BCUT2D eigenvalue weighted by molar-refractivity contribution is -0.141. The van der Waals surface area contributed by atoms with Crippen LogP contribution >= 0.6 is 11.8 Å². The molecule has 5 nitrogen and oxygen atoms in total. The number of urea groups is 1. The van der Waals surface area contributed by atoms with Crippen LogP contribution in [0.2, 0.25) is 0 Å². The number of carboxylic acids is 1. The number of rotatable bonds is 1. The van der Waals surface area contributed by atoms with Crippen molar-refractivity contribution in [2.45, 2.75) is 31.2 Å². The van der Waals surface area contributed by atoms with Crippen LogP contribution in [-0.4, -0.2) is 57.2 Å². The van der Waals surface area contributed by atoms with Crippen molar-refractivity contribution in [3.8, 4) is 0 Å². The summed E-state index contributed by atoms with van der Waals surface area (Å²) >= 11 is 1.53. The number of hydrogen-bond donors (Lipinski definition) is 1. The average Bonchev–Trinajstić information content (AvgIpc) is 2.84. The van der Waals surface area contributed by atoms with Crippen LogP contribution in [0.5, 0.6) is 0 Å². The molecule has 1 N–H and O–H groups in total. The van der Waals surface area contributed by atoms with Crippen molar-refractivity contribution >= 4 is 23.8 Å². The normalized spacial score (nSPS) is 29.8. The predicted octanol–water partition coefficient (Wildman–Crippen LogP) is 1.05. The van der Waals surface area contributed by atoms with Gasteiger partial charge in [-0.3, -0.25) is 4.90 Å². The lowest BCUT2D eigenvalue weighted by atomic mass is 10.3. The topological polar surface area (TPSA) is 60.9 Å². The van der Waals surface area contributed by atoms with E-state index in [4.69, 9.17) is 5.11 Å². The second-order valence-corrected chi connectivity index (χ2v) is 5.52. The third-order valence-electron chi connectivity index (χ3n) is 3.11. The number of amides is 2. The minimum Gasteiger partial charge on any atom is -0.480 e. The Labute approximate surface area is 98.8 Å². The third-order valence-corrected chi connectivity index (χ3v) is 4.32. The average molecular weight is 244 g/mol. The second-order valence-electron chi connectivity index (χ2n) is 4.17. The molecule has 2 saturated heterocycles. The summed E-state index contributed by atoms with van der Waals surface area (Å²) in [4.78, 5) is 26.5. The van der Waals surface area contributed by atoms with E-state index in [2.05, 4.69) is 0 Å². The summed E-state index contributed by atoms with van der Waals surface area (Å²) in [6.45, 7) is 3.42. The summed E-state index contributed by atoms with van der Waals surface area (Å²) in [7, 11) is 0. The molecule has 0 aromatic heterocycles. The SMILES string of the molecule is CC1SCC(C(=O)O)N1C(=O)N1CCCC1. The molecule has 0 radical (unpaired) electrons. The number of thioether (sulfide) groups is 1. The molecule has 16 heavy (non-hydrogen) atoms. The van der Waals surface area contributed by atoms with Gasteiger partial charge in [0.15, 0.2) is 0 Å². The fraction of sp³-hybridized carbons (Fsp3) is 0.800. The van der Waals surface area contributed by atoms with Crippen LogP contribution in [-0.2, 0) is 4.79 Å². The Balaban J connectivity index is 2.10. The van der Waals surface area contributed by atoms with Crippen molar-refractivity contribution in [2.24, 2.45) is 0 Å². The van der Waals surface area contributed by atoms with Crippen LogP contribution in [0.15, 0.2) is 0 Å². The maximum atomic E-state index is 12.1. The summed E-state index contributed by atoms with van der Waals surface area (Å²) in [6.07, 6.45) is 2.05. The van der Waals surface area contributed by atoms with Gasteiger partial charge < -0.3 is 10.0 Å². The number of carbonyl (C=O) groups is 2. The minimum atomic E-state index is -0.899. The predicted molar refractivity (Wildman–Crippen MR) is 61.4 cm³/mol. The highest BCUT2D eigenvalue weighted by atomic mass is 32.2. The van der Waals surface area contributed by atoms with Crippen molar-refractivity contribution in [3.05, 3.63) is 0 Å². The molecule has 2 amide bonds. The van der Waals surface area contributed by atoms with Gasteiger partial charge in [0.05, 0.1) is 5.37 Å². The Kier molecular flexibility index (Phi) is 3.28. The van der Waals surface area contributed by atoms with Crippen molar-refractivity contribution in [1.29, 1.82) is 0 Å². The largest absolute Gasteiger partial charge is 0.480 e. The first kappa shape index (κ1) is 11.6. The lowest BCUT2D eigenvalue weighted by Crippen LogP contribution is -2.50. The second kappa shape index (κ2) is 4.53. The van der Waals surface area contributed by atoms with Crippen molar-refractivity contribution in [1.82, 2.24) is 9.80 Å². The molecule has 2 fully saturated rings. The maximum Gasteiger partial charge on any atom is 0.327 e. The number of hydrogen-bond acceptors (Lipinski definition) is 3. The zero-order chi connectivity index (χ0) is 11.7. The van der Waals surface area contributed by atoms with E-state index in [-0.39, 0.29) is 11.4 Å². The highest BCUT2D eigenvalue weighted by Crippen LogP contribution is 2.30. The summed E-state index contributed by atoms with van der Waals surface area (Å²) < 4.78 is 0. The highest BCUT2D eigenvalue weighted by molar-refractivity contribution is 8.00. The molecule has 0 bridgehead atoms. The van der Waals surface area contributed by atoms with E-state index >= 15 is 0 Å². The fourth-order valence-corrected chi connectivity index (χ4v) is 3.36. The number of aliphatic carboxylic acids is 1. The Morgan fingerprint density at radius 1 is 1.31 bits per heavy atom. The van der Waals surface area contributed by atoms with E-state index in [1.807, 2.05) is 6.92 Å². The molecule has 0 spiro atoms. The lowest BCUT2D eigenvalue weighted by Gasteiger charge is -2.29. The first-order valence-corrected chi connectivity index (χ1v) is 6.58. The minimum absolute atomic E-state index is 0.0331. The Morgan fingerprint density at radius 2 is 1.94 bits per heavy atom. The molecular weight excluding hydrogens is 228 g/mol. The van der Waals surface area contributed by atoms with Crippen LogP contribution in [0.3, 0.4) is 0 Å². The van der Waals surface area contributed by atoms with E-state index in [1.54, 1.807) is 4.90 Å². The molecule has 6 heteroatoms. The number of likely N-dealkylation sites (tertiary alicyclic amines) is 1. The molecule has 2 aliphatic rings. The molecule has 0 aromatic rings. The summed E-state index contributed by atoms with van der Waals surface area (Å²) in [6, 6.07) is -0.768. The number of carbonyl (C=O) groups excluding carboxylic acids is 1. The van der Waals surface area contributed by atoms with E-state index in [9.17, 15) is 9.59 Å². The Bertz CT molecular complexity index is 304. The van der Waals surface area contributed by atoms with E-state index < -0.39 is 12.0 Å². The van der Waals surface area contributed by atoms with Gasteiger partial charge in [0.25, 0.3) is 0 Å². The zero-order valence-electron chi connectivity index (χ0n) is 9.26. The van der Waals surface area contributed by atoms with E-state index in [0.717, 1.165) is 25.9 Å². The van der Waals surface area contributed by atoms with Crippen LogP contribution in [0.4, 0.5) is 4.79 Å². The highest BCUT2D eigenvalue weighted by Gasteiger charge is 2.41. The summed E-state index contributed by atoms with van der Waals surface area (Å²) in [5.41, 5.74) is 0. The monoisotopic (exact) mass is 244 g/mol. The van der Waals surface area contributed by atoms with Gasteiger partial charge in [-0.1, -0.05) is 0 Å². The van der Waals surface area contributed by atoms with Crippen LogP contribution in [0, 0.1) is 0 Å². The van der Waals surface area contributed by atoms with Gasteiger partial charge in [0, 0.05) is 18.8 Å².